The fraction of sp³-hybridized carbons (Fsp3) is 0.833. The van der Waals surface area contributed by atoms with Gasteiger partial charge < -0.3 is 16.0 Å². The molecule has 0 aromatic carbocycles. The Morgan fingerprint density at radius 2 is 2.00 bits per heavy atom. The van der Waals surface area contributed by atoms with Crippen molar-refractivity contribution in [2.45, 2.75) is 39.7 Å². The van der Waals surface area contributed by atoms with E-state index in [0.29, 0.717) is 6.54 Å². The molecule has 5 heteroatoms. The molecule has 2 amide bonds. The van der Waals surface area contributed by atoms with Gasteiger partial charge in [0.05, 0.1) is 12.0 Å². The summed E-state index contributed by atoms with van der Waals surface area (Å²) in [5.74, 6) is -0.202. The lowest BCUT2D eigenvalue weighted by Crippen LogP contribution is -2.48. The summed E-state index contributed by atoms with van der Waals surface area (Å²) in [7, 11) is 0. The number of rotatable bonds is 3. The predicted octanol–water partition coefficient (Wildman–Crippen LogP) is 0.0169. The first-order valence-electron chi connectivity index (χ1n) is 6.03. The van der Waals surface area contributed by atoms with E-state index >= 15 is 0 Å². The van der Waals surface area contributed by atoms with Crippen molar-refractivity contribution in [3.63, 3.8) is 0 Å². The predicted molar refractivity (Wildman–Crippen MR) is 66.5 cm³/mol. The van der Waals surface area contributed by atoms with E-state index in [0.717, 1.165) is 13.0 Å². The van der Waals surface area contributed by atoms with Crippen LogP contribution >= 0.6 is 0 Å². The summed E-state index contributed by atoms with van der Waals surface area (Å²) in [6.45, 7) is 9.24. The van der Waals surface area contributed by atoms with E-state index in [1.165, 1.54) is 0 Å². The number of amides is 2. The number of nitrogens with one attached hydrogen (secondary N) is 3. The number of carbonyl (C=O) groups is 2. The molecule has 1 heterocycles. The Morgan fingerprint density at radius 3 is 2.47 bits per heavy atom. The molecule has 17 heavy (non-hydrogen) atoms. The van der Waals surface area contributed by atoms with Gasteiger partial charge in [-0.15, -0.1) is 0 Å². The molecule has 0 radical (unpaired) electrons. The fourth-order valence-corrected chi connectivity index (χ4v) is 1.85. The van der Waals surface area contributed by atoms with Crippen LogP contribution in [0.1, 0.15) is 34.1 Å². The molecule has 1 unspecified atom stereocenters. The van der Waals surface area contributed by atoms with Gasteiger partial charge in [-0.25, -0.2) is 0 Å². The van der Waals surface area contributed by atoms with Crippen LogP contribution in [-0.4, -0.2) is 37.0 Å². The monoisotopic (exact) mass is 241 g/mol. The molecule has 0 bridgehead atoms. The van der Waals surface area contributed by atoms with Crippen LogP contribution in [0.25, 0.3) is 0 Å². The molecule has 0 aromatic heterocycles. The molecule has 98 valence electrons. The Morgan fingerprint density at radius 1 is 1.35 bits per heavy atom. The van der Waals surface area contributed by atoms with E-state index in [-0.39, 0.29) is 29.3 Å². The molecule has 1 aliphatic heterocycles. The molecule has 0 aromatic rings. The van der Waals surface area contributed by atoms with Crippen LogP contribution in [0.4, 0.5) is 0 Å². The van der Waals surface area contributed by atoms with Gasteiger partial charge in [-0.05, 0) is 40.7 Å². The highest BCUT2D eigenvalue weighted by Gasteiger charge is 2.36. The van der Waals surface area contributed by atoms with Crippen LogP contribution in [0, 0.1) is 5.41 Å². The lowest BCUT2D eigenvalue weighted by Gasteiger charge is -2.23. The van der Waals surface area contributed by atoms with Crippen molar-refractivity contribution in [2.75, 3.05) is 19.6 Å². The van der Waals surface area contributed by atoms with Gasteiger partial charge in [0.25, 0.3) is 0 Å². The van der Waals surface area contributed by atoms with Gasteiger partial charge >= 0.3 is 0 Å². The SMILES string of the molecule is CC(C)(C)NC(=O)CNC(=O)C1(C)CCNC1. The highest BCUT2D eigenvalue weighted by atomic mass is 16.2. The molecule has 5 nitrogen and oxygen atoms in total. The van der Waals surface area contributed by atoms with Gasteiger partial charge in [0.2, 0.25) is 11.8 Å². The van der Waals surface area contributed by atoms with Gasteiger partial charge in [0.1, 0.15) is 0 Å². The highest BCUT2D eigenvalue weighted by Crippen LogP contribution is 2.24. The van der Waals surface area contributed by atoms with Gasteiger partial charge in [-0.3, -0.25) is 9.59 Å². The van der Waals surface area contributed by atoms with Gasteiger partial charge in [-0.2, -0.15) is 0 Å². The zero-order valence-electron chi connectivity index (χ0n) is 11.1. The highest BCUT2D eigenvalue weighted by molar-refractivity contribution is 5.88. The summed E-state index contributed by atoms with van der Waals surface area (Å²) in [4.78, 5) is 23.4. The molecule has 0 aliphatic carbocycles. The summed E-state index contributed by atoms with van der Waals surface area (Å²) in [5, 5.41) is 8.66. The lowest BCUT2D eigenvalue weighted by molar-refractivity contribution is -0.132. The molecule has 1 aliphatic rings. The molecule has 1 rings (SSSR count). The van der Waals surface area contributed by atoms with E-state index in [4.69, 9.17) is 0 Å². The number of hydrogen-bond acceptors (Lipinski definition) is 3. The Labute approximate surface area is 103 Å². The Balaban J connectivity index is 2.36. The van der Waals surface area contributed by atoms with Crippen molar-refractivity contribution >= 4 is 11.8 Å². The quantitative estimate of drug-likeness (QED) is 0.652. The van der Waals surface area contributed by atoms with E-state index in [1.54, 1.807) is 0 Å². The Kier molecular flexibility index (Phi) is 4.14. The van der Waals surface area contributed by atoms with Gasteiger partial charge in [0, 0.05) is 12.1 Å². The molecule has 1 fully saturated rings. The molecule has 1 atom stereocenters. The van der Waals surface area contributed by atoms with E-state index < -0.39 is 0 Å². The summed E-state index contributed by atoms with van der Waals surface area (Å²) in [6.07, 6.45) is 0.819. The van der Waals surface area contributed by atoms with Crippen molar-refractivity contribution < 1.29 is 9.59 Å². The van der Waals surface area contributed by atoms with E-state index in [2.05, 4.69) is 16.0 Å². The number of hydrogen-bond donors (Lipinski definition) is 3. The first kappa shape index (κ1) is 14.0. The minimum atomic E-state index is -0.373. The third kappa shape index (κ3) is 4.34. The van der Waals surface area contributed by atoms with Crippen molar-refractivity contribution in [3.05, 3.63) is 0 Å². The average molecular weight is 241 g/mol. The van der Waals surface area contributed by atoms with Crippen molar-refractivity contribution in [3.8, 4) is 0 Å². The van der Waals surface area contributed by atoms with Gasteiger partial charge in [-0.1, -0.05) is 0 Å². The first-order valence-corrected chi connectivity index (χ1v) is 6.03. The standard InChI is InChI=1S/C12H23N3O2/c1-11(2,3)15-9(16)7-14-10(17)12(4)5-6-13-8-12/h13H,5-8H2,1-4H3,(H,14,17)(H,15,16). The molecule has 3 N–H and O–H groups in total. The molecule has 1 saturated heterocycles. The van der Waals surface area contributed by atoms with Crippen molar-refractivity contribution in [2.24, 2.45) is 5.41 Å². The second-order valence-corrected chi connectivity index (χ2v) is 5.97. The maximum atomic E-state index is 11.9. The maximum Gasteiger partial charge on any atom is 0.239 e. The average Bonchev–Trinajstić information content (AvgIpc) is 2.60. The smallest absolute Gasteiger partial charge is 0.239 e. The third-order valence-corrected chi connectivity index (χ3v) is 2.84. The topological polar surface area (TPSA) is 70.2 Å². The minimum Gasteiger partial charge on any atom is -0.350 e. The van der Waals surface area contributed by atoms with Crippen LogP contribution in [0.3, 0.4) is 0 Å². The number of carbonyl (C=O) groups excluding carboxylic acids is 2. The zero-order valence-corrected chi connectivity index (χ0v) is 11.1. The van der Waals surface area contributed by atoms with E-state index in [9.17, 15) is 9.59 Å². The fourth-order valence-electron chi connectivity index (χ4n) is 1.85. The normalized spacial score (nSPS) is 24.5. The summed E-state index contributed by atoms with van der Waals surface area (Å²) in [5.41, 5.74) is -0.636. The zero-order chi connectivity index (χ0) is 13.1. The second kappa shape index (κ2) is 5.04. The third-order valence-electron chi connectivity index (χ3n) is 2.84. The maximum absolute atomic E-state index is 11.9. The van der Waals surface area contributed by atoms with Crippen LogP contribution in [0.2, 0.25) is 0 Å². The molecular formula is C12H23N3O2. The van der Waals surface area contributed by atoms with Crippen LogP contribution < -0.4 is 16.0 Å². The molecule has 0 spiro atoms. The summed E-state index contributed by atoms with van der Waals surface area (Å²) >= 11 is 0. The lowest BCUT2D eigenvalue weighted by atomic mass is 9.89. The van der Waals surface area contributed by atoms with Crippen molar-refractivity contribution in [1.82, 2.24) is 16.0 Å². The second-order valence-electron chi connectivity index (χ2n) is 5.97. The molecule has 0 saturated carbocycles. The Bertz CT molecular complexity index is 301. The first-order chi connectivity index (χ1) is 7.73. The van der Waals surface area contributed by atoms with Gasteiger partial charge in [0.15, 0.2) is 0 Å². The minimum absolute atomic E-state index is 0.0473. The molecular weight excluding hydrogens is 218 g/mol. The van der Waals surface area contributed by atoms with Crippen LogP contribution in [-0.2, 0) is 9.59 Å². The van der Waals surface area contributed by atoms with E-state index in [1.807, 2.05) is 27.7 Å². The Hall–Kier alpha value is -1.10. The van der Waals surface area contributed by atoms with Crippen LogP contribution in [0.15, 0.2) is 0 Å². The van der Waals surface area contributed by atoms with Crippen LogP contribution in [0.5, 0.6) is 0 Å². The van der Waals surface area contributed by atoms with Crippen molar-refractivity contribution in [1.29, 1.82) is 0 Å². The largest absolute Gasteiger partial charge is 0.350 e. The summed E-state index contributed by atoms with van der Waals surface area (Å²) < 4.78 is 0. The summed E-state index contributed by atoms with van der Waals surface area (Å²) in [6, 6.07) is 0.